The van der Waals surface area contributed by atoms with Crippen molar-refractivity contribution in [3.63, 3.8) is 0 Å². The van der Waals surface area contributed by atoms with Crippen molar-refractivity contribution in [2.24, 2.45) is 5.92 Å². The van der Waals surface area contributed by atoms with Gasteiger partial charge in [0.05, 0.1) is 12.6 Å². The molecule has 4 N–H and O–H groups in total. The highest BCUT2D eigenvalue weighted by Gasteiger charge is 2.23. The summed E-state index contributed by atoms with van der Waals surface area (Å²) in [6.07, 6.45) is 5.00. The van der Waals surface area contributed by atoms with Crippen LogP contribution in [0.4, 0.5) is 0 Å². The minimum absolute atomic E-state index is 0.341. The van der Waals surface area contributed by atoms with E-state index in [1.807, 2.05) is 0 Å². The molecule has 2 unspecified atom stereocenters. The second kappa shape index (κ2) is 3.18. The maximum Gasteiger partial charge on any atom is 0.0894 e. The van der Waals surface area contributed by atoms with E-state index in [1.165, 1.54) is 25.7 Å². The third kappa shape index (κ3) is 1.66. The van der Waals surface area contributed by atoms with E-state index in [9.17, 15) is 0 Å². The van der Waals surface area contributed by atoms with Gasteiger partial charge in [0, 0.05) is 5.92 Å². The van der Waals surface area contributed by atoms with Gasteiger partial charge < -0.3 is 10.8 Å². The van der Waals surface area contributed by atoms with Gasteiger partial charge in [0.25, 0.3) is 0 Å². The van der Waals surface area contributed by atoms with E-state index in [0.717, 1.165) is 0 Å². The summed E-state index contributed by atoms with van der Waals surface area (Å²) in [5, 5.41) is 8.82. The fraction of sp³-hybridized carbons (Fsp3) is 1.00. The van der Waals surface area contributed by atoms with Gasteiger partial charge in [-0.3, -0.25) is 0 Å². The molecular formula is C7H16NO+. The third-order valence-electron chi connectivity index (χ3n) is 2.30. The van der Waals surface area contributed by atoms with Gasteiger partial charge in [0.1, 0.15) is 0 Å². The summed E-state index contributed by atoms with van der Waals surface area (Å²) >= 11 is 0. The fourth-order valence-corrected chi connectivity index (χ4v) is 1.52. The van der Waals surface area contributed by atoms with Gasteiger partial charge in [0.2, 0.25) is 0 Å². The van der Waals surface area contributed by atoms with Crippen molar-refractivity contribution in [2.45, 2.75) is 31.7 Å². The lowest BCUT2D eigenvalue weighted by atomic mass is 9.86. The molecule has 2 atom stereocenters. The molecule has 0 radical (unpaired) electrons. The summed E-state index contributed by atoms with van der Waals surface area (Å²) in [5.41, 5.74) is 3.99. The van der Waals surface area contributed by atoms with Crippen LogP contribution in [0, 0.1) is 5.92 Å². The second-order valence-corrected chi connectivity index (χ2v) is 2.99. The average molecular weight is 130 g/mol. The van der Waals surface area contributed by atoms with Crippen molar-refractivity contribution in [3.05, 3.63) is 0 Å². The van der Waals surface area contributed by atoms with E-state index < -0.39 is 0 Å². The molecule has 0 aromatic heterocycles. The van der Waals surface area contributed by atoms with Crippen LogP contribution in [-0.2, 0) is 0 Å². The van der Waals surface area contributed by atoms with E-state index >= 15 is 0 Å². The van der Waals surface area contributed by atoms with Crippen LogP contribution in [0.3, 0.4) is 0 Å². The Morgan fingerprint density at radius 3 is 2.44 bits per heavy atom. The molecule has 0 aromatic carbocycles. The molecule has 1 saturated carbocycles. The molecule has 1 aliphatic rings. The van der Waals surface area contributed by atoms with Crippen molar-refractivity contribution in [1.82, 2.24) is 0 Å². The zero-order valence-corrected chi connectivity index (χ0v) is 5.84. The Labute approximate surface area is 56.1 Å². The van der Waals surface area contributed by atoms with Gasteiger partial charge in [-0.1, -0.05) is 6.42 Å². The number of aliphatic hydroxyl groups is 1. The van der Waals surface area contributed by atoms with E-state index in [-0.39, 0.29) is 0 Å². The first-order chi connectivity index (χ1) is 4.34. The summed E-state index contributed by atoms with van der Waals surface area (Å²) in [6, 6.07) is 0.517. The standard InChI is InChI=1S/C7H15NO/c8-7-4-2-1-3-6(7)5-9/h6-7,9H,1-5,8H2/p+1. The number of rotatable bonds is 1. The highest BCUT2D eigenvalue weighted by Crippen LogP contribution is 2.20. The summed E-state index contributed by atoms with van der Waals surface area (Å²) in [5.74, 6) is 0.499. The first-order valence-electron chi connectivity index (χ1n) is 3.78. The smallest absolute Gasteiger partial charge is 0.0894 e. The van der Waals surface area contributed by atoms with Gasteiger partial charge in [-0.05, 0) is 19.3 Å². The topological polar surface area (TPSA) is 47.9 Å². The molecule has 0 heterocycles. The first kappa shape index (κ1) is 7.03. The molecule has 1 rings (SSSR count). The van der Waals surface area contributed by atoms with Crippen molar-refractivity contribution in [1.29, 1.82) is 0 Å². The summed E-state index contributed by atoms with van der Waals surface area (Å²) in [6.45, 7) is 0.341. The van der Waals surface area contributed by atoms with Crippen molar-refractivity contribution in [2.75, 3.05) is 6.61 Å². The minimum atomic E-state index is 0.341. The predicted octanol–water partition coefficient (Wildman–Crippen LogP) is -0.221. The van der Waals surface area contributed by atoms with E-state index in [4.69, 9.17) is 5.11 Å². The van der Waals surface area contributed by atoms with Gasteiger partial charge in [-0.25, -0.2) is 0 Å². The van der Waals surface area contributed by atoms with Crippen molar-refractivity contribution in [3.8, 4) is 0 Å². The fourth-order valence-electron chi connectivity index (χ4n) is 1.52. The monoisotopic (exact) mass is 130 g/mol. The van der Waals surface area contributed by atoms with Gasteiger partial charge in [0.15, 0.2) is 0 Å². The average Bonchev–Trinajstić information content (AvgIpc) is 1.89. The zero-order valence-electron chi connectivity index (χ0n) is 5.84. The van der Waals surface area contributed by atoms with Gasteiger partial charge >= 0.3 is 0 Å². The Morgan fingerprint density at radius 2 is 2.00 bits per heavy atom. The second-order valence-electron chi connectivity index (χ2n) is 2.99. The molecular weight excluding hydrogens is 114 g/mol. The summed E-state index contributed by atoms with van der Waals surface area (Å²) in [7, 11) is 0. The first-order valence-corrected chi connectivity index (χ1v) is 3.78. The molecule has 0 amide bonds. The highest BCUT2D eigenvalue weighted by molar-refractivity contribution is 4.71. The maximum atomic E-state index is 8.82. The molecule has 0 aliphatic heterocycles. The van der Waals surface area contributed by atoms with Crippen LogP contribution < -0.4 is 5.73 Å². The molecule has 2 nitrogen and oxygen atoms in total. The van der Waals surface area contributed by atoms with Crippen LogP contribution in [0.25, 0.3) is 0 Å². The lowest BCUT2D eigenvalue weighted by Crippen LogP contribution is -2.65. The largest absolute Gasteiger partial charge is 0.396 e. The molecule has 0 aromatic rings. The number of quaternary nitrogens is 1. The van der Waals surface area contributed by atoms with Crippen LogP contribution in [0.5, 0.6) is 0 Å². The maximum absolute atomic E-state index is 8.82. The van der Waals surface area contributed by atoms with E-state index in [0.29, 0.717) is 18.6 Å². The highest BCUT2D eigenvalue weighted by atomic mass is 16.3. The number of hydrogen-bond donors (Lipinski definition) is 2. The minimum Gasteiger partial charge on any atom is -0.396 e. The van der Waals surface area contributed by atoms with E-state index in [2.05, 4.69) is 5.73 Å². The molecule has 0 bridgehead atoms. The van der Waals surface area contributed by atoms with Crippen LogP contribution in [0.1, 0.15) is 25.7 Å². The molecule has 0 saturated heterocycles. The SMILES string of the molecule is [NH3+]C1CCCCC1CO. The van der Waals surface area contributed by atoms with E-state index in [1.54, 1.807) is 0 Å². The molecule has 0 spiro atoms. The molecule has 2 heteroatoms. The number of aliphatic hydroxyl groups excluding tert-OH is 1. The normalized spacial score (nSPS) is 36.7. The summed E-state index contributed by atoms with van der Waals surface area (Å²) < 4.78 is 0. The Kier molecular flexibility index (Phi) is 2.49. The lowest BCUT2D eigenvalue weighted by Gasteiger charge is -2.23. The molecule has 9 heavy (non-hydrogen) atoms. The van der Waals surface area contributed by atoms with Crippen LogP contribution >= 0.6 is 0 Å². The van der Waals surface area contributed by atoms with Crippen LogP contribution in [0.15, 0.2) is 0 Å². The summed E-state index contributed by atoms with van der Waals surface area (Å²) in [4.78, 5) is 0. The number of hydrogen-bond acceptors (Lipinski definition) is 1. The zero-order chi connectivity index (χ0) is 6.69. The van der Waals surface area contributed by atoms with Crippen molar-refractivity contribution >= 4 is 0 Å². The quantitative estimate of drug-likeness (QED) is 0.506. The van der Waals surface area contributed by atoms with Crippen LogP contribution in [0.2, 0.25) is 0 Å². The molecule has 1 fully saturated rings. The predicted molar refractivity (Wildman–Crippen MR) is 35.7 cm³/mol. The Balaban J connectivity index is 2.30. The van der Waals surface area contributed by atoms with Gasteiger partial charge in [-0.15, -0.1) is 0 Å². The molecule has 1 aliphatic carbocycles. The van der Waals surface area contributed by atoms with Gasteiger partial charge in [-0.2, -0.15) is 0 Å². The third-order valence-corrected chi connectivity index (χ3v) is 2.30. The Bertz CT molecular complexity index is 85.0. The van der Waals surface area contributed by atoms with Crippen molar-refractivity contribution < 1.29 is 10.8 Å². The molecule has 54 valence electrons. The Morgan fingerprint density at radius 1 is 1.33 bits per heavy atom. The Hall–Kier alpha value is -0.0800. The van der Waals surface area contributed by atoms with Crippen LogP contribution in [-0.4, -0.2) is 17.8 Å². The lowest BCUT2D eigenvalue weighted by molar-refractivity contribution is -0.439.